The van der Waals surface area contributed by atoms with E-state index in [4.69, 9.17) is 4.98 Å². The van der Waals surface area contributed by atoms with Crippen LogP contribution in [0.4, 0.5) is 0 Å². The standard InChI is InChI=1S/C24H29N3O2S/c1-4-26(5-2)15-20-25-23-21(18-13-9-10-14-19(18)30-23)24(29)27(20)16(3)22(28)17-11-7-6-8-12-17/h6-8,11-12,16H,4-5,9-10,13-15H2,1-3H3. The summed E-state index contributed by atoms with van der Waals surface area (Å²) >= 11 is 1.67. The van der Waals surface area contributed by atoms with E-state index in [1.54, 1.807) is 15.9 Å². The number of rotatable bonds is 7. The summed E-state index contributed by atoms with van der Waals surface area (Å²) in [5.41, 5.74) is 1.73. The molecule has 30 heavy (non-hydrogen) atoms. The normalized spacial score (nSPS) is 14.8. The van der Waals surface area contributed by atoms with Crippen molar-refractivity contribution in [2.24, 2.45) is 0 Å². The van der Waals surface area contributed by atoms with Gasteiger partial charge in [0.15, 0.2) is 5.78 Å². The van der Waals surface area contributed by atoms with Crippen LogP contribution in [0.15, 0.2) is 35.1 Å². The van der Waals surface area contributed by atoms with Gasteiger partial charge in [-0.1, -0.05) is 44.2 Å². The van der Waals surface area contributed by atoms with Gasteiger partial charge in [0, 0.05) is 10.4 Å². The highest BCUT2D eigenvalue weighted by atomic mass is 32.1. The highest BCUT2D eigenvalue weighted by molar-refractivity contribution is 7.18. The van der Waals surface area contributed by atoms with Crippen LogP contribution in [0.2, 0.25) is 0 Å². The molecule has 2 heterocycles. The third-order valence-electron chi connectivity index (χ3n) is 6.18. The van der Waals surface area contributed by atoms with E-state index >= 15 is 0 Å². The molecule has 1 aliphatic rings. The lowest BCUT2D eigenvalue weighted by atomic mass is 9.97. The molecule has 1 unspecified atom stereocenters. The van der Waals surface area contributed by atoms with Crippen molar-refractivity contribution >= 4 is 27.3 Å². The van der Waals surface area contributed by atoms with Crippen LogP contribution in [0, 0.1) is 0 Å². The predicted octanol–water partition coefficient (Wildman–Crippen LogP) is 4.62. The molecule has 0 fully saturated rings. The van der Waals surface area contributed by atoms with Crippen molar-refractivity contribution in [2.75, 3.05) is 13.1 Å². The Morgan fingerprint density at radius 1 is 1.17 bits per heavy atom. The summed E-state index contributed by atoms with van der Waals surface area (Å²) in [5, 5.41) is 0.741. The number of benzene rings is 1. The molecule has 0 aliphatic heterocycles. The van der Waals surface area contributed by atoms with Gasteiger partial charge in [0.25, 0.3) is 5.56 Å². The van der Waals surface area contributed by atoms with Crippen molar-refractivity contribution in [2.45, 2.75) is 59.0 Å². The van der Waals surface area contributed by atoms with Crippen LogP contribution in [-0.2, 0) is 19.4 Å². The molecule has 3 aromatic rings. The quantitative estimate of drug-likeness (QED) is 0.520. The van der Waals surface area contributed by atoms with E-state index in [1.165, 1.54) is 16.9 Å². The molecular formula is C24H29N3O2S. The van der Waals surface area contributed by atoms with Crippen LogP contribution in [-0.4, -0.2) is 33.3 Å². The van der Waals surface area contributed by atoms with Crippen molar-refractivity contribution in [1.29, 1.82) is 0 Å². The molecule has 6 heteroatoms. The topological polar surface area (TPSA) is 55.2 Å². The van der Waals surface area contributed by atoms with E-state index in [9.17, 15) is 9.59 Å². The molecule has 2 aromatic heterocycles. The third kappa shape index (κ3) is 3.74. The van der Waals surface area contributed by atoms with Gasteiger partial charge in [-0.15, -0.1) is 11.3 Å². The molecule has 0 N–H and O–H groups in total. The fourth-order valence-electron chi connectivity index (χ4n) is 4.38. The van der Waals surface area contributed by atoms with E-state index in [1.807, 2.05) is 37.3 Å². The molecule has 1 atom stereocenters. The van der Waals surface area contributed by atoms with Gasteiger partial charge in [0.2, 0.25) is 0 Å². The van der Waals surface area contributed by atoms with Crippen LogP contribution in [0.25, 0.3) is 10.2 Å². The number of hydrogen-bond donors (Lipinski definition) is 0. The number of hydrogen-bond acceptors (Lipinski definition) is 5. The molecule has 1 aromatic carbocycles. The second kappa shape index (κ2) is 8.82. The average molecular weight is 424 g/mol. The fraction of sp³-hybridized carbons (Fsp3) is 0.458. The van der Waals surface area contributed by atoms with Gasteiger partial charge in [0.1, 0.15) is 10.7 Å². The van der Waals surface area contributed by atoms with Crippen molar-refractivity contribution in [3.05, 3.63) is 62.5 Å². The zero-order valence-electron chi connectivity index (χ0n) is 18.0. The molecule has 0 spiro atoms. The van der Waals surface area contributed by atoms with Gasteiger partial charge >= 0.3 is 0 Å². The van der Waals surface area contributed by atoms with E-state index in [0.29, 0.717) is 17.9 Å². The van der Waals surface area contributed by atoms with Gasteiger partial charge in [-0.05, 0) is 51.3 Å². The Morgan fingerprint density at radius 3 is 2.57 bits per heavy atom. The van der Waals surface area contributed by atoms with Gasteiger partial charge in [-0.3, -0.25) is 19.1 Å². The first-order valence-corrected chi connectivity index (χ1v) is 11.7. The molecule has 0 bridgehead atoms. The van der Waals surface area contributed by atoms with Gasteiger partial charge < -0.3 is 0 Å². The smallest absolute Gasteiger partial charge is 0.263 e. The maximum absolute atomic E-state index is 13.8. The number of carbonyl (C=O) groups is 1. The second-order valence-electron chi connectivity index (χ2n) is 7.96. The summed E-state index contributed by atoms with van der Waals surface area (Å²) in [4.78, 5) is 36.3. The summed E-state index contributed by atoms with van der Waals surface area (Å²) < 4.78 is 1.66. The molecule has 5 nitrogen and oxygen atoms in total. The Morgan fingerprint density at radius 2 is 1.87 bits per heavy atom. The monoisotopic (exact) mass is 423 g/mol. The summed E-state index contributed by atoms with van der Waals surface area (Å²) in [7, 11) is 0. The minimum atomic E-state index is -0.596. The molecule has 0 amide bonds. The summed E-state index contributed by atoms with van der Waals surface area (Å²) in [6, 6.07) is 8.64. The lowest BCUT2D eigenvalue weighted by Crippen LogP contribution is -2.35. The SMILES string of the molecule is CCN(CC)Cc1nc2sc3c(c2c(=O)n1C(C)C(=O)c1ccccc1)CCCC3. The number of fused-ring (bicyclic) bond motifs is 3. The van der Waals surface area contributed by atoms with Gasteiger partial charge in [0.05, 0.1) is 18.0 Å². The number of thiophene rings is 1. The molecular weight excluding hydrogens is 394 g/mol. The zero-order chi connectivity index (χ0) is 21.3. The fourth-order valence-corrected chi connectivity index (χ4v) is 5.65. The summed E-state index contributed by atoms with van der Waals surface area (Å²) in [6.07, 6.45) is 4.24. The first kappa shape index (κ1) is 20.9. The Labute approximate surface area is 181 Å². The van der Waals surface area contributed by atoms with Crippen LogP contribution in [0.5, 0.6) is 0 Å². The van der Waals surface area contributed by atoms with E-state index in [2.05, 4.69) is 18.7 Å². The predicted molar refractivity (Wildman–Crippen MR) is 123 cm³/mol. The molecule has 1 aliphatic carbocycles. The highest BCUT2D eigenvalue weighted by Gasteiger charge is 2.27. The van der Waals surface area contributed by atoms with Crippen molar-refractivity contribution in [3.63, 3.8) is 0 Å². The molecule has 158 valence electrons. The van der Waals surface area contributed by atoms with Gasteiger partial charge in [-0.25, -0.2) is 4.98 Å². The molecule has 0 saturated heterocycles. The van der Waals surface area contributed by atoms with E-state index in [0.717, 1.165) is 42.6 Å². The number of nitrogens with zero attached hydrogens (tertiary/aromatic N) is 3. The highest BCUT2D eigenvalue weighted by Crippen LogP contribution is 2.34. The van der Waals surface area contributed by atoms with Crippen molar-refractivity contribution in [1.82, 2.24) is 14.5 Å². The van der Waals surface area contributed by atoms with Crippen LogP contribution in [0.1, 0.15) is 66.3 Å². The minimum Gasteiger partial charge on any atom is -0.297 e. The lowest BCUT2D eigenvalue weighted by Gasteiger charge is -2.23. The first-order valence-electron chi connectivity index (χ1n) is 10.9. The van der Waals surface area contributed by atoms with Crippen LogP contribution < -0.4 is 5.56 Å². The Kier molecular flexibility index (Phi) is 6.16. The number of carbonyl (C=O) groups excluding carboxylic acids is 1. The molecule has 0 saturated carbocycles. The zero-order valence-corrected chi connectivity index (χ0v) is 18.8. The maximum atomic E-state index is 13.8. The van der Waals surface area contributed by atoms with Crippen molar-refractivity contribution in [3.8, 4) is 0 Å². The lowest BCUT2D eigenvalue weighted by molar-refractivity contribution is 0.0928. The van der Waals surface area contributed by atoms with E-state index in [-0.39, 0.29) is 11.3 Å². The number of aromatic nitrogens is 2. The van der Waals surface area contributed by atoms with Crippen LogP contribution in [0.3, 0.4) is 0 Å². The first-order chi connectivity index (χ1) is 14.5. The Hall–Kier alpha value is -2.31. The third-order valence-corrected chi connectivity index (χ3v) is 7.36. The summed E-state index contributed by atoms with van der Waals surface area (Å²) in [5.74, 6) is 0.635. The van der Waals surface area contributed by atoms with Crippen molar-refractivity contribution < 1.29 is 4.79 Å². The maximum Gasteiger partial charge on any atom is 0.263 e. The largest absolute Gasteiger partial charge is 0.297 e. The number of Topliss-reactive ketones (excluding diaryl/α,β-unsaturated/α-hetero) is 1. The molecule has 4 rings (SSSR count). The molecule has 0 radical (unpaired) electrons. The second-order valence-corrected chi connectivity index (χ2v) is 9.05. The number of aryl methyl sites for hydroxylation is 2. The van der Waals surface area contributed by atoms with Gasteiger partial charge in [-0.2, -0.15) is 0 Å². The van der Waals surface area contributed by atoms with Crippen LogP contribution >= 0.6 is 11.3 Å². The van der Waals surface area contributed by atoms with E-state index < -0.39 is 6.04 Å². The Bertz CT molecular complexity index is 1110. The average Bonchev–Trinajstić information content (AvgIpc) is 3.15. The summed E-state index contributed by atoms with van der Waals surface area (Å²) in [6.45, 7) is 8.33. The number of ketones is 1. The minimum absolute atomic E-state index is 0.0521. The Balaban J connectivity index is 1.89.